The monoisotopic (exact) mass is 640 g/mol. The molecule has 50 heavy (non-hydrogen) atoms. The summed E-state index contributed by atoms with van der Waals surface area (Å²) in [6.45, 7) is 0. The molecule has 0 aliphatic heterocycles. The van der Waals surface area contributed by atoms with Crippen molar-refractivity contribution in [2.75, 3.05) is 0 Å². The second kappa shape index (κ2) is 10.3. The van der Waals surface area contributed by atoms with E-state index in [-0.39, 0.29) is 0 Å². The van der Waals surface area contributed by atoms with Crippen LogP contribution in [0.2, 0.25) is 0 Å². The molecule has 5 aromatic heterocycles. The maximum absolute atomic E-state index is 5.05. The van der Waals surface area contributed by atoms with Gasteiger partial charge in [0.25, 0.3) is 0 Å². The van der Waals surface area contributed by atoms with Crippen LogP contribution in [-0.2, 0) is 0 Å². The molecule has 6 nitrogen and oxygen atoms in total. The molecule has 0 atom stereocenters. The molecule has 0 aliphatic carbocycles. The summed E-state index contributed by atoms with van der Waals surface area (Å²) in [5.41, 5.74) is 9.97. The zero-order valence-corrected chi connectivity index (χ0v) is 26.8. The molecule has 0 bridgehead atoms. The first-order valence-electron chi connectivity index (χ1n) is 16.8. The third kappa shape index (κ3) is 3.84. The standard InChI is InChI=1S/C44H28N6/c1-3-11-31(12-4-1)47-21-19-29-23-42-36(25-40(29)47)34-15-7-9-17-38(34)49(42)33-27-45-44(46-28-33)50-39-18-10-8-16-35(39)37-26-41-30(24-43(37)50)20-22-48(41)32-13-5-2-6-14-32/h1-28H. The maximum atomic E-state index is 5.05. The minimum Gasteiger partial charge on any atom is -0.317 e. The van der Waals surface area contributed by atoms with Crippen LogP contribution < -0.4 is 0 Å². The zero-order chi connectivity index (χ0) is 32.8. The highest BCUT2D eigenvalue weighted by Crippen LogP contribution is 2.37. The second-order valence-corrected chi connectivity index (χ2v) is 12.8. The van der Waals surface area contributed by atoms with E-state index >= 15 is 0 Å². The van der Waals surface area contributed by atoms with Crippen molar-refractivity contribution in [3.63, 3.8) is 0 Å². The van der Waals surface area contributed by atoms with E-state index in [0.717, 1.165) is 39.1 Å². The summed E-state index contributed by atoms with van der Waals surface area (Å²) in [5.74, 6) is 0.643. The van der Waals surface area contributed by atoms with Crippen molar-refractivity contribution in [2.24, 2.45) is 0 Å². The first-order chi connectivity index (χ1) is 24.8. The van der Waals surface area contributed by atoms with Crippen molar-refractivity contribution in [1.82, 2.24) is 28.2 Å². The molecular weight excluding hydrogens is 613 g/mol. The normalized spacial score (nSPS) is 12.0. The predicted molar refractivity (Wildman–Crippen MR) is 204 cm³/mol. The van der Waals surface area contributed by atoms with Crippen LogP contribution in [0.4, 0.5) is 0 Å². The van der Waals surface area contributed by atoms with Gasteiger partial charge in [0.05, 0.1) is 51.2 Å². The smallest absolute Gasteiger partial charge is 0.234 e. The van der Waals surface area contributed by atoms with E-state index in [0.29, 0.717) is 5.95 Å². The Morgan fingerprint density at radius 2 is 0.800 bits per heavy atom. The molecular formula is C44H28N6. The molecule has 0 unspecified atom stereocenters. The van der Waals surface area contributed by atoms with Crippen molar-refractivity contribution in [1.29, 1.82) is 0 Å². The Kier molecular flexibility index (Phi) is 5.57. The fourth-order valence-electron chi connectivity index (χ4n) is 7.86. The van der Waals surface area contributed by atoms with E-state index in [2.05, 4.69) is 176 Å². The number of hydrogen-bond donors (Lipinski definition) is 0. The lowest BCUT2D eigenvalue weighted by molar-refractivity contribution is 0.968. The summed E-state index contributed by atoms with van der Waals surface area (Å²) in [4.78, 5) is 10.1. The number of aromatic nitrogens is 6. The number of nitrogens with zero attached hydrogens (tertiary/aromatic N) is 6. The predicted octanol–water partition coefficient (Wildman–Crippen LogP) is 10.6. The lowest BCUT2D eigenvalue weighted by Gasteiger charge is -2.10. The van der Waals surface area contributed by atoms with Gasteiger partial charge in [-0.2, -0.15) is 0 Å². The number of hydrogen-bond acceptors (Lipinski definition) is 2. The van der Waals surface area contributed by atoms with E-state index in [1.54, 1.807) is 0 Å². The lowest BCUT2D eigenvalue weighted by Crippen LogP contribution is -2.03. The molecule has 0 saturated carbocycles. The van der Waals surface area contributed by atoms with E-state index in [4.69, 9.17) is 9.97 Å². The van der Waals surface area contributed by atoms with Crippen LogP contribution in [0.5, 0.6) is 0 Å². The van der Waals surface area contributed by atoms with E-state index in [1.807, 2.05) is 12.4 Å². The van der Waals surface area contributed by atoms with Gasteiger partial charge in [-0.1, -0.05) is 72.8 Å². The minimum atomic E-state index is 0.643. The summed E-state index contributed by atoms with van der Waals surface area (Å²) < 4.78 is 8.99. The van der Waals surface area contributed by atoms with Gasteiger partial charge in [0.1, 0.15) is 0 Å². The van der Waals surface area contributed by atoms with Gasteiger partial charge >= 0.3 is 0 Å². The van der Waals surface area contributed by atoms with E-state index < -0.39 is 0 Å². The zero-order valence-electron chi connectivity index (χ0n) is 26.8. The Hall–Kier alpha value is -6.92. The van der Waals surface area contributed by atoms with Gasteiger partial charge < -0.3 is 13.7 Å². The molecule has 6 heteroatoms. The van der Waals surface area contributed by atoms with Gasteiger partial charge in [-0.05, 0) is 72.8 Å². The molecule has 6 aromatic carbocycles. The van der Waals surface area contributed by atoms with Gasteiger partial charge in [-0.3, -0.25) is 4.57 Å². The molecule has 0 N–H and O–H groups in total. The van der Waals surface area contributed by atoms with Crippen molar-refractivity contribution in [3.05, 3.63) is 170 Å². The van der Waals surface area contributed by atoms with Gasteiger partial charge in [0, 0.05) is 56.1 Å². The van der Waals surface area contributed by atoms with Crippen molar-refractivity contribution < 1.29 is 0 Å². The molecule has 5 heterocycles. The Morgan fingerprint density at radius 1 is 0.340 bits per heavy atom. The first kappa shape index (κ1) is 27.1. The third-order valence-electron chi connectivity index (χ3n) is 10.1. The van der Waals surface area contributed by atoms with Crippen LogP contribution in [0, 0.1) is 0 Å². The van der Waals surface area contributed by atoms with Crippen LogP contribution in [0.3, 0.4) is 0 Å². The average molecular weight is 641 g/mol. The molecule has 0 saturated heterocycles. The summed E-state index contributed by atoms with van der Waals surface area (Å²) in [6.07, 6.45) is 8.21. The second-order valence-electron chi connectivity index (χ2n) is 12.8. The number of fused-ring (bicyclic) bond motifs is 8. The molecule has 234 valence electrons. The highest BCUT2D eigenvalue weighted by atomic mass is 15.2. The highest BCUT2D eigenvalue weighted by molar-refractivity contribution is 6.14. The number of rotatable bonds is 4. The van der Waals surface area contributed by atoms with Crippen LogP contribution in [-0.4, -0.2) is 28.2 Å². The average Bonchev–Trinajstić information content (AvgIpc) is 3.94. The van der Waals surface area contributed by atoms with Crippen LogP contribution in [0.15, 0.2) is 170 Å². The highest BCUT2D eigenvalue weighted by Gasteiger charge is 2.19. The van der Waals surface area contributed by atoms with Gasteiger partial charge in [0.2, 0.25) is 5.95 Å². The SMILES string of the molecule is c1ccc(-n2ccc3cc4c(cc32)c2ccccc2n4-c2cnc(-n3c4ccccc4c4cc5c(ccn5-c5ccccc5)cc43)nc2)cc1. The molecule has 0 amide bonds. The molecule has 0 radical (unpaired) electrons. The number of para-hydroxylation sites is 4. The Labute approximate surface area is 286 Å². The lowest BCUT2D eigenvalue weighted by atomic mass is 10.1. The summed E-state index contributed by atoms with van der Waals surface area (Å²) >= 11 is 0. The number of benzene rings is 6. The van der Waals surface area contributed by atoms with E-state index in [1.165, 1.54) is 43.4 Å². The van der Waals surface area contributed by atoms with Crippen LogP contribution >= 0.6 is 0 Å². The molecule has 11 rings (SSSR count). The fourth-order valence-corrected chi connectivity index (χ4v) is 7.86. The molecule has 0 fully saturated rings. The van der Waals surface area contributed by atoms with Crippen molar-refractivity contribution in [3.8, 4) is 23.0 Å². The van der Waals surface area contributed by atoms with Gasteiger partial charge in [-0.25, -0.2) is 9.97 Å². The summed E-state index contributed by atoms with van der Waals surface area (Å²) in [7, 11) is 0. The largest absolute Gasteiger partial charge is 0.317 e. The fraction of sp³-hybridized carbons (Fsp3) is 0. The Balaban J connectivity index is 1.08. The maximum Gasteiger partial charge on any atom is 0.234 e. The molecule has 0 spiro atoms. The molecule has 0 aliphatic rings. The van der Waals surface area contributed by atoms with Crippen molar-refractivity contribution in [2.45, 2.75) is 0 Å². The quantitative estimate of drug-likeness (QED) is 0.192. The molecule has 11 aromatic rings. The Bertz CT molecular complexity index is 2860. The van der Waals surface area contributed by atoms with Gasteiger partial charge in [-0.15, -0.1) is 0 Å². The minimum absolute atomic E-state index is 0.643. The summed E-state index contributed by atoms with van der Waals surface area (Å²) in [5, 5.41) is 7.09. The van der Waals surface area contributed by atoms with Crippen LogP contribution in [0.25, 0.3) is 88.4 Å². The Morgan fingerprint density at radius 3 is 1.34 bits per heavy atom. The third-order valence-corrected chi connectivity index (χ3v) is 10.1. The van der Waals surface area contributed by atoms with Crippen LogP contribution in [0.1, 0.15) is 0 Å². The topological polar surface area (TPSA) is 45.5 Å². The van der Waals surface area contributed by atoms with Crippen molar-refractivity contribution >= 4 is 65.4 Å². The summed E-state index contributed by atoms with van der Waals surface area (Å²) in [6, 6.07) is 51.7. The van der Waals surface area contributed by atoms with Gasteiger partial charge in [0.15, 0.2) is 0 Å². The van der Waals surface area contributed by atoms with E-state index in [9.17, 15) is 0 Å². The first-order valence-corrected chi connectivity index (χ1v) is 16.8.